The van der Waals surface area contributed by atoms with Gasteiger partial charge in [0, 0.05) is 18.5 Å². The van der Waals surface area contributed by atoms with E-state index in [-0.39, 0.29) is 17.3 Å². The standard InChI is InChI=1S/C14H23NO3/c1-14(7-3-4-8-14)13(17)15-9-5-11(6-10-15)12(16)18-2/h11H,3-10H2,1-2H3. The van der Waals surface area contributed by atoms with Crippen molar-refractivity contribution in [3.63, 3.8) is 0 Å². The number of likely N-dealkylation sites (tertiary alicyclic amines) is 1. The number of hydrogen-bond donors (Lipinski definition) is 0. The van der Waals surface area contributed by atoms with E-state index in [0.29, 0.717) is 19.0 Å². The summed E-state index contributed by atoms with van der Waals surface area (Å²) in [6.45, 7) is 3.50. The highest BCUT2D eigenvalue weighted by atomic mass is 16.5. The fourth-order valence-corrected chi connectivity index (χ4v) is 3.24. The van der Waals surface area contributed by atoms with E-state index in [0.717, 1.165) is 25.7 Å². The van der Waals surface area contributed by atoms with Crippen molar-refractivity contribution in [3.05, 3.63) is 0 Å². The molecule has 0 aromatic carbocycles. The largest absolute Gasteiger partial charge is 0.469 e. The van der Waals surface area contributed by atoms with Crippen LogP contribution in [0.2, 0.25) is 0 Å². The van der Waals surface area contributed by atoms with Crippen LogP contribution in [0.4, 0.5) is 0 Å². The van der Waals surface area contributed by atoms with Crippen LogP contribution in [0.5, 0.6) is 0 Å². The van der Waals surface area contributed by atoms with Crippen LogP contribution in [0.3, 0.4) is 0 Å². The molecule has 18 heavy (non-hydrogen) atoms. The molecular formula is C14H23NO3. The zero-order chi connectivity index (χ0) is 13.2. The Morgan fingerprint density at radius 2 is 1.72 bits per heavy atom. The van der Waals surface area contributed by atoms with Crippen LogP contribution < -0.4 is 0 Å². The molecule has 4 nitrogen and oxygen atoms in total. The number of amides is 1. The van der Waals surface area contributed by atoms with Crippen LogP contribution >= 0.6 is 0 Å². The summed E-state index contributed by atoms with van der Waals surface area (Å²) < 4.78 is 4.76. The van der Waals surface area contributed by atoms with Crippen molar-refractivity contribution in [1.82, 2.24) is 4.90 Å². The highest BCUT2D eigenvalue weighted by Gasteiger charge is 2.40. The molecular weight excluding hydrogens is 230 g/mol. The molecule has 1 heterocycles. The smallest absolute Gasteiger partial charge is 0.308 e. The fourth-order valence-electron chi connectivity index (χ4n) is 3.24. The molecule has 2 rings (SSSR count). The minimum absolute atomic E-state index is 0.0181. The lowest BCUT2D eigenvalue weighted by Crippen LogP contribution is -2.46. The van der Waals surface area contributed by atoms with Crippen LogP contribution in [0, 0.1) is 11.3 Å². The average molecular weight is 253 g/mol. The summed E-state index contributed by atoms with van der Waals surface area (Å²) in [7, 11) is 1.43. The van der Waals surface area contributed by atoms with Gasteiger partial charge in [0.25, 0.3) is 0 Å². The van der Waals surface area contributed by atoms with Gasteiger partial charge >= 0.3 is 5.97 Å². The maximum absolute atomic E-state index is 12.5. The topological polar surface area (TPSA) is 46.6 Å². The van der Waals surface area contributed by atoms with Crippen LogP contribution in [-0.4, -0.2) is 37.0 Å². The van der Waals surface area contributed by atoms with E-state index >= 15 is 0 Å². The van der Waals surface area contributed by atoms with E-state index in [1.165, 1.54) is 20.0 Å². The first-order valence-electron chi connectivity index (χ1n) is 6.94. The normalized spacial score (nSPS) is 24.0. The molecule has 1 saturated heterocycles. The number of esters is 1. The van der Waals surface area contributed by atoms with Gasteiger partial charge in [0.1, 0.15) is 0 Å². The zero-order valence-electron chi connectivity index (χ0n) is 11.4. The minimum Gasteiger partial charge on any atom is -0.469 e. The summed E-state index contributed by atoms with van der Waals surface area (Å²) in [5.41, 5.74) is -0.141. The van der Waals surface area contributed by atoms with Crippen LogP contribution in [0.25, 0.3) is 0 Å². The Labute approximate surface area is 109 Å². The molecule has 2 aliphatic rings. The van der Waals surface area contributed by atoms with E-state index in [2.05, 4.69) is 6.92 Å². The molecule has 0 spiro atoms. The van der Waals surface area contributed by atoms with Crippen molar-refractivity contribution in [2.45, 2.75) is 45.4 Å². The third-order valence-electron chi connectivity index (χ3n) is 4.54. The molecule has 0 bridgehead atoms. The van der Waals surface area contributed by atoms with Gasteiger partial charge in [0.05, 0.1) is 13.0 Å². The molecule has 2 fully saturated rings. The lowest BCUT2D eigenvalue weighted by Gasteiger charge is -2.36. The first-order chi connectivity index (χ1) is 8.57. The van der Waals surface area contributed by atoms with Crippen LogP contribution in [0.15, 0.2) is 0 Å². The Morgan fingerprint density at radius 3 is 2.22 bits per heavy atom. The molecule has 0 aromatic heterocycles. The summed E-state index contributed by atoms with van der Waals surface area (Å²) >= 11 is 0. The van der Waals surface area contributed by atoms with Crippen molar-refractivity contribution < 1.29 is 14.3 Å². The second-order valence-corrected chi connectivity index (χ2v) is 5.86. The number of carbonyl (C=O) groups excluding carboxylic acids is 2. The highest BCUT2D eigenvalue weighted by molar-refractivity contribution is 5.83. The van der Waals surface area contributed by atoms with Crippen molar-refractivity contribution in [2.24, 2.45) is 11.3 Å². The van der Waals surface area contributed by atoms with Crippen LogP contribution in [0.1, 0.15) is 45.4 Å². The Kier molecular flexibility index (Phi) is 3.93. The second-order valence-electron chi connectivity index (χ2n) is 5.86. The molecule has 102 valence electrons. The molecule has 1 saturated carbocycles. The van der Waals surface area contributed by atoms with Gasteiger partial charge in [-0.15, -0.1) is 0 Å². The molecule has 0 radical (unpaired) electrons. The SMILES string of the molecule is COC(=O)C1CCN(C(=O)C2(C)CCCC2)CC1. The molecule has 4 heteroatoms. The van der Waals surface area contributed by atoms with Gasteiger partial charge in [-0.05, 0) is 25.7 Å². The minimum atomic E-state index is -0.141. The molecule has 1 aliphatic heterocycles. The highest BCUT2D eigenvalue weighted by Crippen LogP contribution is 2.39. The lowest BCUT2D eigenvalue weighted by atomic mass is 9.85. The maximum Gasteiger partial charge on any atom is 0.308 e. The number of methoxy groups -OCH3 is 1. The van der Waals surface area contributed by atoms with Gasteiger partial charge in [-0.2, -0.15) is 0 Å². The van der Waals surface area contributed by atoms with Crippen molar-refractivity contribution in [2.75, 3.05) is 20.2 Å². The van der Waals surface area contributed by atoms with Crippen LogP contribution in [-0.2, 0) is 14.3 Å². The predicted octanol–water partition coefficient (Wildman–Crippen LogP) is 1.98. The lowest BCUT2D eigenvalue weighted by molar-refractivity contribution is -0.151. The van der Waals surface area contributed by atoms with E-state index in [9.17, 15) is 9.59 Å². The Morgan fingerprint density at radius 1 is 1.17 bits per heavy atom. The number of rotatable bonds is 2. The van der Waals surface area contributed by atoms with E-state index in [1.807, 2.05) is 4.90 Å². The van der Waals surface area contributed by atoms with Crippen molar-refractivity contribution >= 4 is 11.9 Å². The van der Waals surface area contributed by atoms with E-state index < -0.39 is 0 Å². The van der Waals surface area contributed by atoms with Gasteiger partial charge in [0.15, 0.2) is 0 Å². The quantitative estimate of drug-likeness (QED) is 0.707. The average Bonchev–Trinajstić information content (AvgIpc) is 2.85. The van der Waals surface area contributed by atoms with Gasteiger partial charge < -0.3 is 9.64 Å². The summed E-state index contributed by atoms with van der Waals surface area (Å²) in [5, 5.41) is 0. The number of ether oxygens (including phenoxy) is 1. The molecule has 0 unspecified atom stereocenters. The molecule has 1 amide bonds. The fraction of sp³-hybridized carbons (Fsp3) is 0.857. The number of hydrogen-bond acceptors (Lipinski definition) is 3. The van der Waals surface area contributed by atoms with Gasteiger partial charge in [-0.3, -0.25) is 9.59 Å². The summed E-state index contributed by atoms with van der Waals surface area (Å²) in [6, 6.07) is 0. The number of carbonyl (C=O) groups is 2. The molecule has 0 aromatic rings. The third kappa shape index (κ3) is 2.52. The number of nitrogens with zero attached hydrogens (tertiary/aromatic N) is 1. The monoisotopic (exact) mass is 253 g/mol. The maximum atomic E-state index is 12.5. The third-order valence-corrected chi connectivity index (χ3v) is 4.54. The Bertz CT molecular complexity index is 326. The molecule has 0 N–H and O–H groups in total. The zero-order valence-corrected chi connectivity index (χ0v) is 11.4. The second kappa shape index (κ2) is 5.29. The van der Waals surface area contributed by atoms with Crippen molar-refractivity contribution in [3.8, 4) is 0 Å². The van der Waals surface area contributed by atoms with Gasteiger partial charge in [-0.1, -0.05) is 19.8 Å². The predicted molar refractivity (Wildman–Crippen MR) is 67.9 cm³/mol. The van der Waals surface area contributed by atoms with Gasteiger partial charge in [0.2, 0.25) is 5.91 Å². The van der Waals surface area contributed by atoms with Gasteiger partial charge in [-0.25, -0.2) is 0 Å². The molecule has 1 aliphatic carbocycles. The summed E-state index contributed by atoms with van der Waals surface area (Å²) in [5.74, 6) is 0.146. The number of piperidine rings is 1. The summed E-state index contributed by atoms with van der Waals surface area (Å²) in [6.07, 6.45) is 5.86. The Hall–Kier alpha value is -1.06. The van der Waals surface area contributed by atoms with E-state index in [1.54, 1.807) is 0 Å². The van der Waals surface area contributed by atoms with Crippen molar-refractivity contribution in [1.29, 1.82) is 0 Å². The first kappa shape index (κ1) is 13.4. The molecule has 0 atom stereocenters. The van der Waals surface area contributed by atoms with E-state index in [4.69, 9.17) is 4.74 Å². The Balaban J connectivity index is 1.89. The summed E-state index contributed by atoms with van der Waals surface area (Å²) in [4.78, 5) is 25.9. The first-order valence-corrected chi connectivity index (χ1v) is 6.94.